The summed E-state index contributed by atoms with van der Waals surface area (Å²) in [6, 6.07) is 0.132. The standard InChI is InChI=1S/C18H29NO2/c1-4-7-13-12-16(19-17(20)10-11-18(19)21)15(9-6-3)14(13)8-5-2/h10-11,13-16H,4-9,12H2,1-3H3/t13-,14-,15+,16-/m0/s1. The predicted octanol–water partition coefficient (Wildman–Crippen LogP) is 3.93. The van der Waals surface area contributed by atoms with E-state index in [2.05, 4.69) is 20.8 Å². The Kier molecular flexibility index (Phi) is 5.60. The predicted molar refractivity (Wildman–Crippen MR) is 84.6 cm³/mol. The molecule has 0 unspecified atom stereocenters. The molecule has 0 aromatic rings. The Morgan fingerprint density at radius 1 is 0.905 bits per heavy atom. The van der Waals surface area contributed by atoms with Crippen LogP contribution in [-0.4, -0.2) is 22.8 Å². The van der Waals surface area contributed by atoms with E-state index < -0.39 is 0 Å². The highest BCUT2D eigenvalue weighted by molar-refractivity contribution is 6.13. The molecule has 0 bridgehead atoms. The van der Waals surface area contributed by atoms with Crippen molar-refractivity contribution in [3.8, 4) is 0 Å². The first-order chi connectivity index (χ1) is 10.1. The lowest BCUT2D eigenvalue weighted by molar-refractivity contribution is -0.140. The molecule has 118 valence electrons. The van der Waals surface area contributed by atoms with Crippen LogP contribution < -0.4 is 0 Å². The van der Waals surface area contributed by atoms with Gasteiger partial charge < -0.3 is 0 Å². The monoisotopic (exact) mass is 291 g/mol. The molecule has 2 aliphatic rings. The lowest BCUT2D eigenvalue weighted by Crippen LogP contribution is -2.43. The molecule has 1 aliphatic heterocycles. The number of hydrogen-bond donors (Lipinski definition) is 0. The van der Waals surface area contributed by atoms with E-state index in [4.69, 9.17) is 0 Å². The van der Waals surface area contributed by atoms with Crippen molar-refractivity contribution in [1.82, 2.24) is 4.90 Å². The third kappa shape index (κ3) is 3.22. The highest BCUT2D eigenvalue weighted by Gasteiger charge is 2.47. The van der Waals surface area contributed by atoms with Gasteiger partial charge in [0, 0.05) is 18.2 Å². The van der Waals surface area contributed by atoms with Crippen LogP contribution in [0.2, 0.25) is 0 Å². The second-order valence-corrected chi connectivity index (χ2v) is 6.64. The Morgan fingerprint density at radius 2 is 1.43 bits per heavy atom. The number of nitrogens with zero attached hydrogens (tertiary/aromatic N) is 1. The average Bonchev–Trinajstić information content (AvgIpc) is 2.94. The molecule has 1 saturated carbocycles. The van der Waals surface area contributed by atoms with Crippen LogP contribution in [0.25, 0.3) is 0 Å². The SMILES string of the molecule is CCC[C@H]1C[C@H](N2C(=O)C=CC2=O)[C@H](CCC)[C@H]1CCC. The number of carbonyl (C=O) groups is 2. The van der Waals surface area contributed by atoms with Gasteiger partial charge in [-0.25, -0.2) is 0 Å². The number of carbonyl (C=O) groups excluding carboxylic acids is 2. The first-order valence-electron chi connectivity index (χ1n) is 8.69. The minimum Gasteiger partial charge on any atom is -0.272 e. The van der Waals surface area contributed by atoms with Crippen LogP contribution in [0.5, 0.6) is 0 Å². The van der Waals surface area contributed by atoms with Gasteiger partial charge in [0.05, 0.1) is 0 Å². The summed E-state index contributed by atoms with van der Waals surface area (Å²) in [4.78, 5) is 25.7. The zero-order chi connectivity index (χ0) is 15.4. The fourth-order valence-corrected chi connectivity index (χ4v) is 4.56. The van der Waals surface area contributed by atoms with Gasteiger partial charge >= 0.3 is 0 Å². The van der Waals surface area contributed by atoms with Crippen LogP contribution in [-0.2, 0) is 9.59 Å². The molecule has 0 aromatic heterocycles. The molecule has 2 amide bonds. The highest BCUT2D eigenvalue weighted by atomic mass is 16.2. The van der Waals surface area contributed by atoms with Crippen LogP contribution in [0.4, 0.5) is 0 Å². The molecule has 4 atom stereocenters. The Balaban J connectivity index is 2.22. The molecule has 2 rings (SSSR count). The van der Waals surface area contributed by atoms with E-state index in [1.54, 1.807) is 4.90 Å². The fraction of sp³-hybridized carbons (Fsp3) is 0.778. The smallest absolute Gasteiger partial charge is 0.253 e. The average molecular weight is 291 g/mol. The zero-order valence-corrected chi connectivity index (χ0v) is 13.7. The zero-order valence-electron chi connectivity index (χ0n) is 13.7. The maximum absolute atomic E-state index is 12.1. The summed E-state index contributed by atoms with van der Waals surface area (Å²) in [5.41, 5.74) is 0. The topological polar surface area (TPSA) is 37.4 Å². The van der Waals surface area contributed by atoms with Crippen LogP contribution in [0.15, 0.2) is 12.2 Å². The van der Waals surface area contributed by atoms with Crippen molar-refractivity contribution in [2.45, 2.75) is 71.8 Å². The van der Waals surface area contributed by atoms with Crippen LogP contribution in [0.1, 0.15) is 65.7 Å². The third-order valence-corrected chi connectivity index (χ3v) is 5.27. The summed E-state index contributed by atoms with van der Waals surface area (Å²) >= 11 is 0. The highest BCUT2D eigenvalue weighted by Crippen LogP contribution is 2.47. The minimum atomic E-state index is -0.0986. The molecule has 0 radical (unpaired) electrons. The van der Waals surface area contributed by atoms with E-state index in [-0.39, 0.29) is 17.9 Å². The van der Waals surface area contributed by atoms with E-state index in [0.717, 1.165) is 19.3 Å². The summed E-state index contributed by atoms with van der Waals surface area (Å²) in [5, 5.41) is 0. The molecule has 0 N–H and O–H groups in total. The summed E-state index contributed by atoms with van der Waals surface area (Å²) < 4.78 is 0. The summed E-state index contributed by atoms with van der Waals surface area (Å²) in [7, 11) is 0. The number of hydrogen-bond acceptors (Lipinski definition) is 2. The fourth-order valence-electron chi connectivity index (χ4n) is 4.56. The van der Waals surface area contributed by atoms with E-state index in [1.807, 2.05) is 0 Å². The molecular formula is C18H29NO2. The Morgan fingerprint density at radius 3 is 1.95 bits per heavy atom. The van der Waals surface area contributed by atoms with Gasteiger partial charge in [0.25, 0.3) is 11.8 Å². The lowest BCUT2D eigenvalue weighted by Gasteiger charge is -2.30. The van der Waals surface area contributed by atoms with Gasteiger partial charge in [-0.2, -0.15) is 0 Å². The second kappa shape index (κ2) is 7.24. The first-order valence-corrected chi connectivity index (χ1v) is 8.69. The van der Waals surface area contributed by atoms with E-state index in [1.165, 1.54) is 37.8 Å². The lowest BCUT2D eigenvalue weighted by atomic mass is 9.81. The number of amides is 2. The third-order valence-electron chi connectivity index (χ3n) is 5.27. The van der Waals surface area contributed by atoms with Gasteiger partial charge in [0.15, 0.2) is 0 Å². The van der Waals surface area contributed by atoms with Gasteiger partial charge in [0.1, 0.15) is 0 Å². The summed E-state index contributed by atoms with van der Waals surface area (Å²) in [5.74, 6) is 1.66. The molecule has 21 heavy (non-hydrogen) atoms. The number of imide groups is 1. The Labute approximate surface area is 128 Å². The Hall–Kier alpha value is -1.12. The largest absolute Gasteiger partial charge is 0.272 e. The van der Waals surface area contributed by atoms with Crippen LogP contribution in [0, 0.1) is 17.8 Å². The molecule has 0 saturated heterocycles. The normalized spacial score (nSPS) is 32.4. The molecule has 1 fully saturated rings. The van der Waals surface area contributed by atoms with E-state index in [9.17, 15) is 9.59 Å². The number of rotatable bonds is 7. The van der Waals surface area contributed by atoms with Crippen molar-refractivity contribution in [3.05, 3.63) is 12.2 Å². The van der Waals surface area contributed by atoms with E-state index in [0.29, 0.717) is 17.8 Å². The van der Waals surface area contributed by atoms with Crippen molar-refractivity contribution < 1.29 is 9.59 Å². The van der Waals surface area contributed by atoms with Crippen molar-refractivity contribution in [2.24, 2.45) is 17.8 Å². The summed E-state index contributed by atoms with van der Waals surface area (Å²) in [6.07, 6.45) is 11.0. The minimum absolute atomic E-state index is 0.0986. The summed E-state index contributed by atoms with van der Waals surface area (Å²) in [6.45, 7) is 6.69. The van der Waals surface area contributed by atoms with Gasteiger partial charge in [-0.3, -0.25) is 14.5 Å². The van der Waals surface area contributed by atoms with Crippen LogP contribution >= 0.6 is 0 Å². The molecule has 1 aliphatic carbocycles. The maximum atomic E-state index is 12.1. The van der Waals surface area contributed by atoms with Crippen molar-refractivity contribution >= 4 is 11.8 Å². The molecule has 3 heteroatoms. The molecule has 0 spiro atoms. The molecule has 3 nitrogen and oxygen atoms in total. The molecule has 0 aromatic carbocycles. The van der Waals surface area contributed by atoms with Crippen molar-refractivity contribution in [2.75, 3.05) is 0 Å². The van der Waals surface area contributed by atoms with Gasteiger partial charge in [-0.15, -0.1) is 0 Å². The van der Waals surface area contributed by atoms with E-state index >= 15 is 0 Å². The quantitative estimate of drug-likeness (QED) is 0.666. The van der Waals surface area contributed by atoms with Gasteiger partial charge in [-0.05, 0) is 30.6 Å². The van der Waals surface area contributed by atoms with Crippen molar-refractivity contribution in [1.29, 1.82) is 0 Å². The van der Waals surface area contributed by atoms with Gasteiger partial charge in [0.2, 0.25) is 0 Å². The molecule has 1 heterocycles. The van der Waals surface area contributed by atoms with Crippen molar-refractivity contribution in [3.63, 3.8) is 0 Å². The maximum Gasteiger partial charge on any atom is 0.253 e. The first kappa shape index (κ1) is 16.3. The van der Waals surface area contributed by atoms with Gasteiger partial charge in [-0.1, -0.05) is 52.9 Å². The molecular weight excluding hydrogens is 262 g/mol. The Bertz CT molecular complexity index is 397. The second-order valence-electron chi connectivity index (χ2n) is 6.64. The van der Waals surface area contributed by atoms with Crippen LogP contribution in [0.3, 0.4) is 0 Å².